The van der Waals surface area contributed by atoms with Gasteiger partial charge in [-0.05, 0) is 24.3 Å². The van der Waals surface area contributed by atoms with Gasteiger partial charge in [0.05, 0.1) is 12.5 Å². The molecule has 1 fully saturated rings. The number of nitrogens with one attached hydrogen (secondary N) is 2. The molecule has 7 nitrogen and oxygen atoms in total. The molecule has 130 valence electrons. The van der Waals surface area contributed by atoms with Crippen molar-refractivity contribution in [2.24, 2.45) is 5.92 Å². The molecule has 1 saturated heterocycles. The zero-order chi connectivity index (χ0) is 17.8. The van der Waals surface area contributed by atoms with Gasteiger partial charge in [0.1, 0.15) is 5.82 Å². The number of carbonyl (C=O) groups excluding carboxylic acids is 3. The smallest absolute Gasteiger partial charge is 0.245 e. The van der Waals surface area contributed by atoms with E-state index < -0.39 is 11.7 Å². The fraction of sp³-hybridized carbons (Fsp3) is 0.250. The normalized spacial score (nSPS) is 16.8. The summed E-state index contributed by atoms with van der Waals surface area (Å²) in [5.74, 6) is -1.91. The first-order valence-electron chi connectivity index (χ1n) is 7.56. The maximum atomic E-state index is 13.0. The van der Waals surface area contributed by atoms with Crippen molar-refractivity contribution >= 4 is 39.9 Å². The summed E-state index contributed by atoms with van der Waals surface area (Å²) < 4.78 is 13.0. The molecule has 0 saturated carbocycles. The second-order valence-electron chi connectivity index (χ2n) is 5.49. The summed E-state index contributed by atoms with van der Waals surface area (Å²) in [7, 11) is 0. The Morgan fingerprint density at radius 3 is 2.76 bits per heavy atom. The van der Waals surface area contributed by atoms with E-state index in [1.54, 1.807) is 11.6 Å². The largest absolute Gasteiger partial charge is 0.347 e. The number of anilines is 2. The van der Waals surface area contributed by atoms with Gasteiger partial charge in [0.25, 0.3) is 0 Å². The second-order valence-corrected chi connectivity index (χ2v) is 6.38. The fourth-order valence-corrected chi connectivity index (χ4v) is 3.06. The SMILES string of the molecule is O=C(CNC(=O)C1CC(=O)N(c2ccc(F)cc2)C1)Nc1nccs1. The zero-order valence-corrected chi connectivity index (χ0v) is 13.9. The number of carbonyl (C=O) groups is 3. The summed E-state index contributed by atoms with van der Waals surface area (Å²) in [6, 6.07) is 5.52. The first kappa shape index (κ1) is 17.0. The summed E-state index contributed by atoms with van der Waals surface area (Å²) in [6.07, 6.45) is 1.62. The van der Waals surface area contributed by atoms with Gasteiger partial charge in [-0.15, -0.1) is 11.3 Å². The molecule has 9 heteroatoms. The molecule has 1 aliphatic rings. The number of halogens is 1. The molecule has 2 aromatic rings. The van der Waals surface area contributed by atoms with Crippen molar-refractivity contribution < 1.29 is 18.8 Å². The molecule has 2 N–H and O–H groups in total. The molecule has 3 amide bonds. The van der Waals surface area contributed by atoms with Gasteiger partial charge in [-0.3, -0.25) is 14.4 Å². The van der Waals surface area contributed by atoms with Crippen molar-refractivity contribution in [2.45, 2.75) is 6.42 Å². The van der Waals surface area contributed by atoms with E-state index in [9.17, 15) is 18.8 Å². The molecular formula is C16H15FN4O3S. The zero-order valence-electron chi connectivity index (χ0n) is 13.1. The lowest BCUT2D eigenvalue weighted by atomic mass is 10.1. The van der Waals surface area contributed by atoms with Crippen molar-refractivity contribution in [1.29, 1.82) is 0 Å². The van der Waals surface area contributed by atoms with Crippen molar-refractivity contribution in [3.63, 3.8) is 0 Å². The van der Waals surface area contributed by atoms with Crippen molar-refractivity contribution in [3.05, 3.63) is 41.7 Å². The molecule has 1 aliphatic heterocycles. The Morgan fingerprint density at radius 2 is 2.08 bits per heavy atom. The van der Waals surface area contributed by atoms with Gasteiger partial charge in [-0.1, -0.05) is 0 Å². The minimum absolute atomic E-state index is 0.0529. The molecule has 2 heterocycles. The van der Waals surface area contributed by atoms with E-state index in [0.717, 1.165) is 0 Å². The Labute approximate surface area is 146 Å². The van der Waals surface area contributed by atoms with Gasteiger partial charge in [0.15, 0.2) is 5.13 Å². The maximum Gasteiger partial charge on any atom is 0.245 e. The molecule has 0 spiro atoms. The average Bonchev–Trinajstić information content (AvgIpc) is 3.23. The number of rotatable bonds is 5. The number of benzene rings is 1. The van der Waals surface area contributed by atoms with Gasteiger partial charge in [-0.2, -0.15) is 0 Å². The van der Waals surface area contributed by atoms with Crippen LogP contribution in [0, 0.1) is 11.7 Å². The topological polar surface area (TPSA) is 91.4 Å². The van der Waals surface area contributed by atoms with Gasteiger partial charge < -0.3 is 15.5 Å². The first-order chi connectivity index (χ1) is 12.0. The summed E-state index contributed by atoms with van der Waals surface area (Å²) in [5.41, 5.74) is 0.545. The third-order valence-corrected chi connectivity index (χ3v) is 4.42. The van der Waals surface area contributed by atoms with Crippen LogP contribution in [0.2, 0.25) is 0 Å². The summed E-state index contributed by atoms with van der Waals surface area (Å²) >= 11 is 1.28. The quantitative estimate of drug-likeness (QED) is 0.841. The highest BCUT2D eigenvalue weighted by Crippen LogP contribution is 2.25. The van der Waals surface area contributed by atoms with E-state index in [0.29, 0.717) is 10.8 Å². The molecule has 0 aliphatic carbocycles. The highest BCUT2D eigenvalue weighted by molar-refractivity contribution is 7.13. The van der Waals surface area contributed by atoms with Gasteiger partial charge in [-0.25, -0.2) is 9.37 Å². The molecule has 0 radical (unpaired) electrons. The highest BCUT2D eigenvalue weighted by atomic mass is 32.1. The Hall–Kier alpha value is -2.81. The van der Waals surface area contributed by atoms with Crippen LogP contribution in [0.15, 0.2) is 35.8 Å². The average molecular weight is 362 g/mol. The maximum absolute atomic E-state index is 13.0. The number of aromatic nitrogens is 1. The van der Waals surface area contributed by atoms with Crippen LogP contribution in [0.3, 0.4) is 0 Å². The van der Waals surface area contributed by atoms with Crippen LogP contribution in [0.25, 0.3) is 0 Å². The molecule has 1 aromatic heterocycles. The van der Waals surface area contributed by atoms with Gasteiger partial charge in [0.2, 0.25) is 17.7 Å². The Balaban J connectivity index is 1.52. The molecule has 1 aromatic carbocycles. The Kier molecular flexibility index (Phi) is 5.03. The lowest BCUT2D eigenvalue weighted by Gasteiger charge is -2.16. The summed E-state index contributed by atoms with van der Waals surface area (Å²) in [4.78, 5) is 41.4. The van der Waals surface area contributed by atoms with E-state index in [1.165, 1.54) is 40.5 Å². The van der Waals surface area contributed by atoms with E-state index in [2.05, 4.69) is 15.6 Å². The third kappa shape index (κ3) is 4.18. The van der Waals surface area contributed by atoms with Crippen LogP contribution in [0.4, 0.5) is 15.2 Å². The Morgan fingerprint density at radius 1 is 1.32 bits per heavy atom. The molecule has 0 bridgehead atoms. The first-order valence-corrected chi connectivity index (χ1v) is 8.44. The Bertz CT molecular complexity index is 779. The summed E-state index contributed by atoms with van der Waals surface area (Å²) in [5, 5.41) is 7.26. The lowest BCUT2D eigenvalue weighted by molar-refractivity contribution is -0.127. The third-order valence-electron chi connectivity index (χ3n) is 3.74. The van der Waals surface area contributed by atoms with Crippen molar-refractivity contribution in [3.8, 4) is 0 Å². The number of nitrogens with zero attached hydrogens (tertiary/aromatic N) is 2. The molecule has 1 unspecified atom stereocenters. The second kappa shape index (κ2) is 7.39. The summed E-state index contributed by atoms with van der Waals surface area (Å²) in [6.45, 7) is 0.00402. The van der Waals surface area contributed by atoms with E-state index >= 15 is 0 Å². The monoisotopic (exact) mass is 362 g/mol. The number of hydrogen-bond acceptors (Lipinski definition) is 5. The standard InChI is InChI=1S/C16H15FN4O3S/c17-11-1-3-12(4-2-11)21-9-10(7-14(21)23)15(24)19-8-13(22)20-16-18-5-6-25-16/h1-6,10H,7-9H2,(H,19,24)(H,18,20,22). The van der Waals surface area contributed by atoms with Crippen molar-refractivity contribution in [1.82, 2.24) is 10.3 Å². The predicted octanol–water partition coefficient (Wildman–Crippen LogP) is 1.39. The molecule has 3 rings (SSSR count). The van der Waals surface area contributed by atoms with Gasteiger partial charge in [0, 0.05) is 30.2 Å². The number of thiazole rings is 1. The van der Waals surface area contributed by atoms with E-state index in [-0.39, 0.29) is 37.2 Å². The molecular weight excluding hydrogens is 347 g/mol. The van der Waals surface area contributed by atoms with E-state index in [4.69, 9.17) is 0 Å². The van der Waals surface area contributed by atoms with Crippen molar-refractivity contribution in [2.75, 3.05) is 23.3 Å². The highest BCUT2D eigenvalue weighted by Gasteiger charge is 2.35. The number of hydrogen-bond donors (Lipinski definition) is 2. The van der Waals surface area contributed by atoms with Crippen LogP contribution >= 0.6 is 11.3 Å². The molecule has 1 atom stereocenters. The predicted molar refractivity (Wildman–Crippen MR) is 90.6 cm³/mol. The number of amides is 3. The minimum Gasteiger partial charge on any atom is -0.347 e. The van der Waals surface area contributed by atoms with Crippen LogP contribution in [-0.2, 0) is 14.4 Å². The van der Waals surface area contributed by atoms with Crippen LogP contribution in [0.1, 0.15) is 6.42 Å². The fourth-order valence-electron chi connectivity index (χ4n) is 2.51. The molecule has 25 heavy (non-hydrogen) atoms. The van der Waals surface area contributed by atoms with Crippen LogP contribution in [-0.4, -0.2) is 35.8 Å². The minimum atomic E-state index is -0.551. The van der Waals surface area contributed by atoms with Crippen LogP contribution < -0.4 is 15.5 Å². The van der Waals surface area contributed by atoms with E-state index in [1.807, 2.05) is 0 Å². The lowest BCUT2D eigenvalue weighted by Crippen LogP contribution is -2.37. The van der Waals surface area contributed by atoms with Gasteiger partial charge >= 0.3 is 0 Å². The van der Waals surface area contributed by atoms with Crippen LogP contribution in [0.5, 0.6) is 0 Å².